The van der Waals surface area contributed by atoms with Crippen LogP contribution in [0.2, 0.25) is 0 Å². The zero-order valence-electron chi connectivity index (χ0n) is 20.5. The molecule has 2 amide bonds. The van der Waals surface area contributed by atoms with Crippen molar-refractivity contribution in [1.29, 1.82) is 0 Å². The van der Waals surface area contributed by atoms with Crippen molar-refractivity contribution in [3.05, 3.63) is 78.0 Å². The highest BCUT2D eigenvalue weighted by Gasteiger charge is 2.34. The number of nitrogens with one attached hydrogen (secondary N) is 2. The van der Waals surface area contributed by atoms with Crippen molar-refractivity contribution in [2.24, 2.45) is 0 Å². The summed E-state index contributed by atoms with van der Waals surface area (Å²) in [6.07, 6.45) is 0. The fourth-order valence-corrected chi connectivity index (χ4v) is 4.40. The number of carbonyl (C=O) groups excluding carboxylic acids is 1. The normalized spacial score (nSPS) is 18.7. The van der Waals surface area contributed by atoms with Crippen LogP contribution in [0.1, 0.15) is 37.9 Å². The van der Waals surface area contributed by atoms with E-state index in [2.05, 4.69) is 60.6 Å². The van der Waals surface area contributed by atoms with Gasteiger partial charge in [-0.1, -0.05) is 69.3 Å². The minimum Gasteiger partial charge on any atom is -0.383 e. The van der Waals surface area contributed by atoms with Crippen LogP contribution < -0.4 is 10.6 Å². The molecule has 0 spiro atoms. The lowest BCUT2D eigenvalue weighted by molar-refractivity contribution is 0.159. The fraction of sp³-hybridized carbons (Fsp3) is 0.407. The van der Waals surface area contributed by atoms with Crippen LogP contribution in [0, 0.1) is 0 Å². The largest absolute Gasteiger partial charge is 0.383 e. The van der Waals surface area contributed by atoms with Crippen molar-refractivity contribution in [1.82, 2.24) is 20.0 Å². The first-order valence-corrected chi connectivity index (χ1v) is 11.8. The number of carbonyl (C=O) groups is 1. The summed E-state index contributed by atoms with van der Waals surface area (Å²) in [4.78, 5) is 15.5. The number of para-hydroxylation sites is 1. The van der Waals surface area contributed by atoms with Gasteiger partial charge in [0.1, 0.15) is 5.82 Å². The van der Waals surface area contributed by atoms with Crippen molar-refractivity contribution >= 4 is 11.8 Å². The maximum atomic E-state index is 13.2. The number of likely N-dealkylation sites (tertiary alicyclic amines) is 1. The molecule has 0 bridgehead atoms. The minimum absolute atomic E-state index is 0.00515. The van der Waals surface area contributed by atoms with Crippen LogP contribution in [0.5, 0.6) is 0 Å². The number of hydrogen-bond donors (Lipinski definition) is 2. The SMILES string of the molecule is COCCN1C[C@H](NC(=O)Nc2cc(C(C)(C)C)nn2-c2ccccc2)[C@@H](c2ccccc2)C1. The zero-order valence-corrected chi connectivity index (χ0v) is 20.5. The third kappa shape index (κ3) is 5.66. The molecular weight excluding hydrogens is 426 g/mol. The van der Waals surface area contributed by atoms with Gasteiger partial charge < -0.3 is 10.1 Å². The Kier molecular flexibility index (Phi) is 7.34. The van der Waals surface area contributed by atoms with Crippen LogP contribution in [-0.4, -0.2) is 60.1 Å². The Morgan fingerprint density at radius 1 is 1.06 bits per heavy atom. The number of amides is 2. The van der Waals surface area contributed by atoms with Gasteiger partial charge >= 0.3 is 6.03 Å². The van der Waals surface area contributed by atoms with Crippen LogP contribution in [0.25, 0.3) is 5.69 Å². The Morgan fingerprint density at radius 2 is 1.74 bits per heavy atom. The number of hydrogen-bond acceptors (Lipinski definition) is 4. The van der Waals surface area contributed by atoms with E-state index in [1.54, 1.807) is 11.8 Å². The van der Waals surface area contributed by atoms with Crippen molar-refractivity contribution < 1.29 is 9.53 Å². The molecule has 4 rings (SSSR count). The Bertz CT molecular complexity index is 1080. The lowest BCUT2D eigenvalue weighted by atomic mass is 9.92. The number of rotatable bonds is 7. The minimum atomic E-state index is -0.225. The average Bonchev–Trinajstić information content (AvgIpc) is 3.43. The van der Waals surface area contributed by atoms with Gasteiger partial charge in [-0.2, -0.15) is 5.10 Å². The molecule has 1 saturated heterocycles. The molecule has 2 N–H and O–H groups in total. The summed E-state index contributed by atoms with van der Waals surface area (Å²) >= 11 is 0. The predicted molar refractivity (Wildman–Crippen MR) is 136 cm³/mol. The van der Waals surface area contributed by atoms with Gasteiger partial charge in [0.15, 0.2) is 0 Å². The van der Waals surface area contributed by atoms with Crippen LogP contribution in [0.15, 0.2) is 66.7 Å². The average molecular weight is 462 g/mol. The van der Waals surface area contributed by atoms with Gasteiger partial charge in [0.2, 0.25) is 0 Å². The molecule has 1 fully saturated rings. The Labute approximate surface area is 202 Å². The van der Waals surface area contributed by atoms with Gasteiger partial charge in [0.25, 0.3) is 0 Å². The fourth-order valence-electron chi connectivity index (χ4n) is 4.40. The number of anilines is 1. The van der Waals surface area contributed by atoms with E-state index in [9.17, 15) is 4.79 Å². The van der Waals surface area contributed by atoms with E-state index in [0.717, 1.165) is 31.0 Å². The quantitative estimate of drug-likeness (QED) is 0.547. The van der Waals surface area contributed by atoms with Gasteiger partial charge in [0, 0.05) is 44.1 Å². The summed E-state index contributed by atoms with van der Waals surface area (Å²) in [5.41, 5.74) is 2.91. The summed E-state index contributed by atoms with van der Waals surface area (Å²) in [5.74, 6) is 0.868. The second-order valence-electron chi connectivity index (χ2n) is 9.89. The summed E-state index contributed by atoms with van der Waals surface area (Å²) in [5, 5.41) is 11.1. The lowest BCUT2D eigenvalue weighted by Crippen LogP contribution is -2.42. The second-order valence-corrected chi connectivity index (χ2v) is 9.89. The van der Waals surface area contributed by atoms with Crippen LogP contribution in [0.4, 0.5) is 10.6 Å². The number of urea groups is 1. The molecule has 2 aromatic carbocycles. The number of aromatic nitrogens is 2. The number of methoxy groups -OCH3 is 1. The van der Waals surface area contributed by atoms with E-state index in [0.29, 0.717) is 12.4 Å². The second kappa shape index (κ2) is 10.4. The van der Waals surface area contributed by atoms with E-state index >= 15 is 0 Å². The van der Waals surface area contributed by atoms with E-state index in [-0.39, 0.29) is 23.4 Å². The monoisotopic (exact) mass is 461 g/mol. The molecule has 7 heteroatoms. The Morgan fingerprint density at radius 3 is 2.38 bits per heavy atom. The topological polar surface area (TPSA) is 71.4 Å². The van der Waals surface area contributed by atoms with Gasteiger partial charge in [-0.3, -0.25) is 10.2 Å². The molecule has 1 aliphatic rings. The van der Waals surface area contributed by atoms with Crippen molar-refractivity contribution in [2.75, 3.05) is 38.7 Å². The summed E-state index contributed by atoms with van der Waals surface area (Å²) < 4.78 is 7.07. The Balaban J connectivity index is 1.53. The van der Waals surface area contributed by atoms with Crippen LogP contribution >= 0.6 is 0 Å². The molecule has 1 aromatic heterocycles. The molecule has 2 heterocycles. The van der Waals surface area contributed by atoms with Crippen molar-refractivity contribution in [3.63, 3.8) is 0 Å². The van der Waals surface area contributed by atoms with E-state index in [1.165, 1.54) is 5.56 Å². The van der Waals surface area contributed by atoms with Gasteiger partial charge in [-0.25, -0.2) is 9.48 Å². The summed E-state index contributed by atoms with van der Waals surface area (Å²) in [6, 6.07) is 22.0. The number of benzene rings is 2. The third-order valence-corrected chi connectivity index (χ3v) is 6.27. The molecule has 0 unspecified atom stereocenters. The van der Waals surface area contributed by atoms with E-state index in [1.807, 2.05) is 42.5 Å². The maximum Gasteiger partial charge on any atom is 0.320 e. The Hall–Kier alpha value is -3.16. The van der Waals surface area contributed by atoms with Crippen molar-refractivity contribution in [3.8, 4) is 5.69 Å². The summed E-state index contributed by atoms with van der Waals surface area (Å²) in [6.45, 7) is 9.53. The first kappa shape index (κ1) is 24.0. The highest BCUT2D eigenvalue weighted by molar-refractivity contribution is 5.89. The maximum absolute atomic E-state index is 13.2. The van der Waals surface area contributed by atoms with Gasteiger partial charge in [-0.05, 0) is 17.7 Å². The lowest BCUT2D eigenvalue weighted by Gasteiger charge is -2.20. The van der Waals surface area contributed by atoms with Crippen molar-refractivity contribution in [2.45, 2.75) is 38.1 Å². The van der Waals surface area contributed by atoms with Crippen LogP contribution in [-0.2, 0) is 10.2 Å². The highest BCUT2D eigenvalue weighted by Crippen LogP contribution is 2.29. The van der Waals surface area contributed by atoms with Gasteiger partial charge in [-0.15, -0.1) is 0 Å². The number of ether oxygens (including phenoxy) is 1. The molecule has 3 aromatic rings. The third-order valence-electron chi connectivity index (χ3n) is 6.27. The zero-order chi connectivity index (χ0) is 24.1. The van der Waals surface area contributed by atoms with Crippen LogP contribution in [0.3, 0.4) is 0 Å². The predicted octanol–water partition coefficient (Wildman–Crippen LogP) is 4.41. The molecule has 7 nitrogen and oxygen atoms in total. The molecule has 180 valence electrons. The molecule has 2 atom stereocenters. The highest BCUT2D eigenvalue weighted by atomic mass is 16.5. The first-order chi connectivity index (χ1) is 16.3. The number of nitrogens with zero attached hydrogens (tertiary/aromatic N) is 3. The molecule has 0 aliphatic carbocycles. The van der Waals surface area contributed by atoms with Gasteiger partial charge in [0.05, 0.1) is 24.0 Å². The standard InChI is InChI=1S/C27H35N5O2/c1-27(2,3)24-17-25(32(30-24)21-13-9-6-10-14-21)29-26(33)28-23-19-31(15-16-34-4)18-22(23)20-11-7-5-8-12-20/h5-14,17,22-23H,15-16,18-19H2,1-4H3,(H2,28,29,33)/t22-,23+/m1/s1. The van der Waals surface area contributed by atoms with E-state index in [4.69, 9.17) is 9.84 Å². The van der Waals surface area contributed by atoms with E-state index < -0.39 is 0 Å². The molecule has 0 radical (unpaired) electrons. The molecule has 1 aliphatic heterocycles. The molecule has 0 saturated carbocycles. The smallest absolute Gasteiger partial charge is 0.320 e. The molecular formula is C27H35N5O2. The summed E-state index contributed by atoms with van der Waals surface area (Å²) in [7, 11) is 1.72. The first-order valence-electron chi connectivity index (χ1n) is 11.8. The molecule has 34 heavy (non-hydrogen) atoms.